The molecule has 3 heterocycles. The molecule has 1 amide bonds. The van der Waals surface area contributed by atoms with E-state index in [2.05, 4.69) is 22.1 Å². The minimum atomic E-state index is -0.440. The average molecular weight is 410 g/mol. The summed E-state index contributed by atoms with van der Waals surface area (Å²) in [4.78, 5) is 46.3. The number of H-pyrrole nitrogens is 1. The molecular formula is C21H22N4O3S. The summed E-state index contributed by atoms with van der Waals surface area (Å²) < 4.78 is 1.29. The fourth-order valence-electron chi connectivity index (χ4n) is 3.69. The van der Waals surface area contributed by atoms with Crippen LogP contribution in [-0.4, -0.2) is 44.2 Å². The number of carbonyl (C=O) groups is 1. The van der Waals surface area contributed by atoms with Crippen molar-refractivity contribution in [3.8, 4) is 0 Å². The Morgan fingerprint density at radius 2 is 1.86 bits per heavy atom. The fourth-order valence-corrected chi connectivity index (χ4v) is 4.58. The van der Waals surface area contributed by atoms with Gasteiger partial charge in [0.25, 0.3) is 5.56 Å². The second-order valence-corrected chi connectivity index (χ2v) is 8.08. The minimum absolute atomic E-state index is 0.105. The van der Waals surface area contributed by atoms with Crippen LogP contribution in [0, 0.1) is 0 Å². The molecule has 0 aliphatic carbocycles. The molecule has 4 rings (SSSR count). The van der Waals surface area contributed by atoms with E-state index in [9.17, 15) is 14.4 Å². The van der Waals surface area contributed by atoms with Crippen LogP contribution in [0.3, 0.4) is 0 Å². The number of thioether (sulfide) groups is 1. The summed E-state index contributed by atoms with van der Waals surface area (Å²) in [5.74, 6) is 1.34. The van der Waals surface area contributed by atoms with E-state index in [1.807, 2.05) is 23.1 Å². The Hall–Kier alpha value is -2.87. The highest BCUT2D eigenvalue weighted by Gasteiger charge is 2.26. The standard InChI is InChI=1S/C21H22N4O3S/c26-18(14-29-13-15-5-2-1-3-6-15)24-11-8-16(9-12-24)25-20(27)17-7-4-10-22-19(17)23-21(25)28/h1-7,10,16H,8-9,11-14H2,(H,22,23,28). The van der Waals surface area contributed by atoms with Crippen LogP contribution >= 0.6 is 11.8 Å². The number of pyridine rings is 1. The van der Waals surface area contributed by atoms with E-state index in [-0.39, 0.29) is 17.5 Å². The summed E-state index contributed by atoms with van der Waals surface area (Å²) in [6.45, 7) is 1.10. The first-order chi connectivity index (χ1) is 14.1. The lowest BCUT2D eigenvalue weighted by Gasteiger charge is -2.32. The van der Waals surface area contributed by atoms with Crippen molar-refractivity contribution in [1.29, 1.82) is 0 Å². The number of likely N-dealkylation sites (tertiary alicyclic amines) is 1. The number of aromatic nitrogens is 3. The lowest BCUT2D eigenvalue weighted by molar-refractivity contribution is -0.129. The quantitative estimate of drug-likeness (QED) is 0.697. The normalized spacial score (nSPS) is 15.0. The first-order valence-electron chi connectivity index (χ1n) is 9.62. The molecule has 29 heavy (non-hydrogen) atoms. The molecule has 0 atom stereocenters. The molecule has 150 valence electrons. The highest BCUT2D eigenvalue weighted by atomic mass is 32.2. The second kappa shape index (κ2) is 8.65. The summed E-state index contributed by atoms with van der Waals surface area (Å²) in [5, 5.41) is 0.405. The van der Waals surface area contributed by atoms with E-state index in [0.717, 1.165) is 5.75 Å². The molecule has 1 N–H and O–H groups in total. The smallest absolute Gasteiger partial charge is 0.330 e. The van der Waals surface area contributed by atoms with Crippen LogP contribution in [-0.2, 0) is 10.5 Å². The molecule has 1 aromatic carbocycles. The maximum Gasteiger partial charge on any atom is 0.330 e. The third-order valence-corrected chi connectivity index (χ3v) is 6.21. The maximum absolute atomic E-state index is 12.8. The number of benzene rings is 1. The maximum atomic E-state index is 12.8. The summed E-state index contributed by atoms with van der Waals surface area (Å²) in [6, 6.07) is 13.2. The topological polar surface area (TPSA) is 88.1 Å². The van der Waals surface area contributed by atoms with Gasteiger partial charge in [0.2, 0.25) is 5.91 Å². The third kappa shape index (κ3) is 4.27. The van der Waals surface area contributed by atoms with Crippen molar-refractivity contribution in [2.45, 2.75) is 24.6 Å². The van der Waals surface area contributed by atoms with Crippen LogP contribution in [0.15, 0.2) is 58.3 Å². The Labute approximate surface area is 171 Å². The van der Waals surface area contributed by atoms with Gasteiger partial charge in [0, 0.05) is 31.1 Å². The summed E-state index contributed by atoms with van der Waals surface area (Å²) in [5.41, 5.74) is 0.750. The van der Waals surface area contributed by atoms with Crippen molar-refractivity contribution in [1.82, 2.24) is 19.4 Å². The Morgan fingerprint density at radius 3 is 2.62 bits per heavy atom. The van der Waals surface area contributed by atoms with E-state index in [4.69, 9.17) is 0 Å². The number of carbonyl (C=O) groups excluding carboxylic acids is 1. The molecule has 0 spiro atoms. The van der Waals surface area contributed by atoms with Crippen LogP contribution in [0.2, 0.25) is 0 Å². The molecule has 1 aliphatic rings. The molecular weight excluding hydrogens is 388 g/mol. The van der Waals surface area contributed by atoms with Gasteiger partial charge in [-0.3, -0.25) is 19.1 Å². The van der Waals surface area contributed by atoms with Gasteiger partial charge < -0.3 is 4.90 Å². The van der Waals surface area contributed by atoms with Crippen molar-refractivity contribution in [3.63, 3.8) is 0 Å². The Morgan fingerprint density at radius 1 is 1.10 bits per heavy atom. The molecule has 1 saturated heterocycles. The number of rotatable bonds is 5. The van der Waals surface area contributed by atoms with Gasteiger partial charge in [-0.25, -0.2) is 9.78 Å². The number of amides is 1. The molecule has 0 radical (unpaired) electrons. The zero-order valence-corrected chi connectivity index (χ0v) is 16.7. The van der Waals surface area contributed by atoms with Crippen molar-refractivity contribution < 1.29 is 4.79 Å². The second-order valence-electron chi connectivity index (χ2n) is 7.10. The number of nitrogens with one attached hydrogen (secondary N) is 1. The van der Waals surface area contributed by atoms with E-state index in [1.165, 1.54) is 10.1 Å². The lowest BCUT2D eigenvalue weighted by Crippen LogP contribution is -2.45. The third-order valence-electron chi connectivity index (χ3n) is 5.22. The summed E-state index contributed by atoms with van der Waals surface area (Å²) in [7, 11) is 0. The summed E-state index contributed by atoms with van der Waals surface area (Å²) in [6.07, 6.45) is 2.72. The molecule has 0 bridgehead atoms. The Bertz CT molecular complexity index is 1120. The van der Waals surface area contributed by atoms with Gasteiger partial charge in [-0.05, 0) is 30.5 Å². The zero-order valence-electron chi connectivity index (χ0n) is 15.9. The minimum Gasteiger partial charge on any atom is -0.342 e. The molecule has 7 nitrogen and oxygen atoms in total. The predicted molar refractivity (Wildman–Crippen MR) is 114 cm³/mol. The van der Waals surface area contributed by atoms with Gasteiger partial charge in [-0.15, -0.1) is 11.8 Å². The molecule has 0 unspecified atom stereocenters. The van der Waals surface area contributed by atoms with Crippen molar-refractivity contribution in [2.24, 2.45) is 0 Å². The van der Waals surface area contributed by atoms with Crippen molar-refractivity contribution in [3.05, 3.63) is 75.1 Å². The molecule has 1 fully saturated rings. The number of hydrogen-bond donors (Lipinski definition) is 1. The largest absolute Gasteiger partial charge is 0.342 e. The predicted octanol–water partition coefficient (Wildman–Crippen LogP) is 2.18. The van der Waals surface area contributed by atoms with Crippen LogP contribution < -0.4 is 11.2 Å². The average Bonchev–Trinajstić information content (AvgIpc) is 2.75. The molecule has 0 saturated carbocycles. The number of nitrogens with zero attached hydrogens (tertiary/aromatic N) is 3. The highest BCUT2D eigenvalue weighted by molar-refractivity contribution is 7.99. The van der Waals surface area contributed by atoms with Gasteiger partial charge in [0.05, 0.1) is 11.1 Å². The number of fused-ring (bicyclic) bond motifs is 1. The number of piperidine rings is 1. The first kappa shape index (κ1) is 19.4. The van der Waals surface area contributed by atoms with Crippen molar-refractivity contribution in [2.75, 3.05) is 18.8 Å². The number of hydrogen-bond acceptors (Lipinski definition) is 5. The van der Waals surface area contributed by atoms with Crippen molar-refractivity contribution >= 4 is 28.7 Å². The highest BCUT2D eigenvalue weighted by Crippen LogP contribution is 2.21. The van der Waals surface area contributed by atoms with Crippen LogP contribution in [0.4, 0.5) is 0 Å². The van der Waals surface area contributed by atoms with E-state index in [0.29, 0.717) is 42.7 Å². The summed E-state index contributed by atoms with van der Waals surface area (Å²) >= 11 is 1.60. The van der Waals surface area contributed by atoms with E-state index < -0.39 is 5.69 Å². The van der Waals surface area contributed by atoms with E-state index in [1.54, 1.807) is 30.1 Å². The number of aromatic amines is 1. The van der Waals surface area contributed by atoms with Gasteiger partial charge >= 0.3 is 5.69 Å². The fraction of sp³-hybridized carbons (Fsp3) is 0.333. The molecule has 8 heteroatoms. The molecule has 2 aromatic heterocycles. The van der Waals surface area contributed by atoms with Gasteiger partial charge in [-0.1, -0.05) is 30.3 Å². The van der Waals surface area contributed by atoms with E-state index >= 15 is 0 Å². The first-order valence-corrected chi connectivity index (χ1v) is 10.8. The van der Waals surface area contributed by atoms with Crippen LogP contribution in [0.1, 0.15) is 24.4 Å². The Balaban J connectivity index is 1.37. The lowest BCUT2D eigenvalue weighted by atomic mass is 10.0. The van der Waals surface area contributed by atoms with Crippen LogP contribution in [0.5, 0.6) is 0 Å². The van der Waals surface area contributed by atoms with Gasteiger partial charge in [0.1, 0.15) is 5.65 Å². The zero-order chi connectivity index (χ0) is 20.2. The SMILES string of the molecule is O=C(CSCc1ccccc1)N1CCC(n2c(=O)[nH]c3ncccc3c2=O)CC1. The van der Waals surface area contributed by atoms with Crippen LogP contribution in [0.25, 0.3) is 11.0 Å². The van der Waals surface area contributed by atoms with Gasteiger partial charge in [-0.2, -0.15) is 0 Å². The monoisotopic (exact) mass is 410 g/mol. The molecule has 1 aliphatic heterocycles. The molecule has 3 aromatic rings. The Kier molecular flexibility index (Phi) is 5.80. The van der Waals surface area contributed by atoms with Gasteiger partial charge in [0.15, 0.2) is 0 Å².